The van der Waals surface area contributed by atoms with Gasteiger partial charge in [-0.1, -0.05) is 12.1 Å². The maximum absolute atomic E-state index is 14.0. The number of halogens is 1. The van der Waals surface area contributed by atoms with Crippen molar-refractivity contribution in [3.05, 3.63) is 63.0 Å². The van der Waals surface area contributed by atoms with E-state index in [4.69, 9.17) is 9.47 Å². The van der Waals surface area contributed by atoms with Gasteiger partial charge in [-0.2, -0.15) is 0 Å². The van der Waals surface area contributed by atoms with E-state index in [2.05, 4.69) is 0 Å². The topological polar surface area (TPSA) is 116 Å². The van der Waals surface area contributed by atoms with Gasteiger partial charge in [0, 0.05) is 0 Å². The second-order valence-corrected chi connectivity index (χ2v) is 4.99. The Labute approximate surface area is 146 Å². The third-order valence-electron chi connectivity index (χ3n) is 3.48. The van der Waals surface area contributed by atoms with Crippen LogP contribution in [0.5, 0.6) is 11.5 Å². The number of carbonyl (C=O) groups is 2. The number of hydrogen-bond donors (Lipinski definition) is 1. The molecule has 0 fully saturated rings. The molecule has 0 aliphatic heterocycles. The fourth-order valence-electron chi connectivity index (χ4n) is 2.35. The molecule has 0 bridgehead atoms. The van der Waals surface area contributed by atoms with Crippen LogP contribution in [-0.4, -0.2) is 35.5 Å². The van der Waals surface area contributed by atoms with Gasteiger partial charge in [-0.05, 0) is 25.1 Å². The van der Waals surface area contributed by atoms with Gasteiger partial charge in [0.25, 0.3) is 0 Å². The molecule has 0 atom stereocenters. The van der Waals surface area contributed by atoms with E-state index >= 15 is 0 Å². The molecule has 0 unspecified atom stereocenters. The molecule has 1 N–H and O–H groups in total. The molecule has 8 nitrogen and oxygen atoms in total. The Morgan fingerprint density at radius 2 is 1.92 bits per heavy atom. The van der Waals surface area contributed by atoms with Crippen LogP contribution in [0.2, 0.25) is 0 Å². The molecular weight excluding hydrogens is 349 g/mol. The zero-order valence-electron chi connectivity index (χ0n) is 13.8. The van der Waals surface area contributed by atoms with E-state index < -0.39 is 56.4 Å². The van der Waals surface area contributed by atoms with Crippen molar-refractivity contribution in [3.8, 4) is 11.5 Å². The number of hydrogen-bond acceptors (Lipinski definition) is 7. The highest BCUT2D eigenvalue weighted by atomic mass is 19.1. The molecule has 0 radical (unpaired) electrons. The van der Waals surface area contributed by atoms with Crippen LogP contribution < -0.4 is 4.74 Å². The van der Waals surface area contributed by atoms with Crippen molar-refractivity contribution in [1.82, 2.24) is 0 Å². The Morgan fingerprint density at radius 1 is 1.27 bits per heavy atom. The second kappa shape index (κ2) is 7.60. The molecule has 26 heavy (non-hydrogen) atoms. The van der Waals surface area contributed by atoms with Crippen LogP contribution in [0, 0.1) is 15.9 Å². The molecular formula is C17H14FNO7. The summed E-state index contributed by atoms with van der Waals surface area (Å²) in [6.45, 7) is 1.44. The number of nitro benzene ring substituents is 1. The predicted molar refractivity (Wildman–Crippen MR) is 87.1 cm³/mol. The van der Waals surface area contributed by atoms with Gasteiger partial charge in [0.05, 0.1) is 29.8 Å². The molecule has 0 aromatic heterocycles. The number of nitrogens with zero attached hydrogens (tertiary/aromatic N) is 1. The van der Waals surface area contributed by atoms with Crippen LogP contribution >= 0.6 is 0 Å². The summed E-state index contributed by atoms with van der Waals surface area (Å²) in [5.41, 5.74) is -2.86. The first-order valence-corrected chi connectivity index (χ1v) is 7.38. The van der Waals surface area contributed by atoms with Gasteiger partial charge in [0.2, 0.25) is 11.5 Å². The van der Waals surface area contributed by atoms with E-state index in [1.54, 1.807) is 0 Å². The third-order valence-corrected chi connectivity index (χ3v) is 3.48. The Kier molecular flexibility index (Phi) is 5.51. The normalized spacial score (nSPS) is 10.3. The lowest BCUT2D eigenvalue weighted by Crippen LogP contribution is -2.16. The Hall–Kier alpha value is -3.49. The number of benzene rings is 2. The van der Waals surface area contributed by atoms with Crippen molar-refractivity contribution in [2.45, 2.75) is 6.92 Å². The first kappa shape index (κ1) is 18.8. The smallest absolute Gasteiger partial charge is 0.339 e. The van der Waals surface area contributed by atoms with Crippen molar-refractivity contribution in [2.75, 3.05) is 13.7 Å². The lowest BCUT2D eigenvalue weighted by atomic mass is 9.95. The molecule has 0 aliphatic carbocycles. The van der Waals surface area contributed by atoms with Gasteiger partial charge in [-0.15, -0.1) is 0 Å². The summed E-state index contributed by atoms with van der Waals surface area (Å²) < 4.78 is 23.6. The Morgan fingerprint density at radius 3 is 2.46 bits per heavy atom. The Bertz CT molecular complexity index is 895. The first-order chi connectivity index (χ1) is 12.3. The number of phenols is 1. The van der Waals surface area contributed by atoms with E-state index in [0.717, 1.165) is 25.3 Å². The number of esters is 1. The van der Waals surface area contributed by atoms with Gasteiger partial charge in [-0.25, -0.2) is 9.18 Å². The van der Waals surface area contributed by atoms with Gasteiger partial charge in [0.1, 0.15) is 11.4 Å². The third kappa shape index (κ3) is 3.32. The molecule has 2 rings (SSSR count). The van der Waals surface area contributed by atoms with E-state index in [9.17, 15) is 29.2 Å². The monoisotopic (exact) mass is 363 g/mol. The predicted octanol–water partition coefficient (Wildman–Crippen LogP) is 2.86. The molecule has 2 aromatic carbocycles. The van der Waals surface area contributed by atoms with Crippen LogP contribution in [0.3, 0.4) is 0 Å². The van der Waals surface area contributed by atoms with Crippen molar-refractivity contribution >= 4 is 17.4 Å². The molecule has 0 heterocycles. The second-order valence-electron chi connectivity index (χ2n) is 4.99. The number of nitro groups is 1. The number of ketones is 1. The summed E-state index contributed by atoms with van der Waals surface area (Å²) in [7, 11) is 1.12. The van der Waals surface area contributed by atoms with Crippen molar-refractivity contribution in [3.63, 3.8) is 0 Å². The van der Waals surface area contributed by atoms with Gasteiger partial charge in [-0.3, -0.25) is 14.9 Å². The maximum atomic E-state index is 14.0. The molecule has 0 aliphatic rings. The summed E-state index contributed by atoms with van der Waals surface area (Å²) in [4.78, 5) is 35.4. The highest BCUT2D eigenvalue weighted by molar-refractivity contribution is 6.18. The van der Waals surface area contributed by atoms with Crippen LogP contribution in [-0.2, 0) is 4.74 Å². The average molecular weight is 363 g/mol. The molecule has 2 aromatic rings. The standard InChI is InChI=1S/C17H14FNO7/c1-3-26-17(22)10-8-12(25-2)16(21)14(19(23)24)13(10)15(20)9-6-4-5-7-11(9)18/h4-8,21H,3H2,1-2H3. The molecule has 0 saturated carbocycles. The SMILES string of the molecule is CCOC(=O)c1cc(OC)c(O)c([N+](=O)[O-])c1C(=O)c1ccccc1F. The Balaban J connectivity index is 2.86. The van der Waals surface area contributed by atoms with Gasteiger partial charge >= 0.3 is 11.7 Å². The average Bonchev–Trinajstić information content (AvgIpc) is 2.60. The van der Waals surface area contributed by atoms with E-state index in [-0.39, 0.29) is 6.61 Å². The van der Waals surface area contributed by atoms with Crippen LogP contribution in [0.15, 0.2) is 30.3 Å². The van der Waals surface area contributed by atoms with E-state index in [1.165, 1.54) is 19.1 Å². The summed E-state index contributed by atoms with van der Waals surface area (Å²) in [5.74, 6) is -4.48. The summed E-state index contributed by atoms with van der Waals surface area (Å²) >= 11 is 0. The number of methoxy groups -OCH3 is 1. The van der Waals surface area contributed by atoms with Crippen molar-refractivity contribution < 1.29 is 33.5 Å². The van der Waals surface area contributed by atoms with Gasteiger partial charge < -0.3 is 14.6 Å². The molecule has 0 saturated heterocycles. The van der Waals surface area contributed by atoms with Crippen molar-refractivity contribution in [1.29, 1.82) is 0 Å². The lowest BCUT2D eigenvalue weighted by Gasteiger charge is -2.13. The number of carbonyl (C=O) groups excluding carboxylic acids is 2. The number of rotatable bonds is 6. The first-order valence-electron chi connectivity index (χ1n) is 7.38. The largest absolute Gasteiger partial charge is 0.499 e. The molecule has 0 spiro atoms. The summed E-state index contributed by atoms with van der Waals surface area (Å²) in [6, 6.07) is 5.73. The van der Waals surface area contributed by atoms with Crippen LogP contribution in [0.25, 0.3) is 0 Å². The van der Waals surface area contributed by atoms with Crippen molar-refractivity contribution in [2.24, 2.45) is 0 Å². The summed E-state index contributed by atoms with van der Waals surface area (Å²) in [6.07, 6.45) is 0. The van der Waals surface area contributed by atoms with Gasteiger partial charge in [0.15, 0.2) is 5.75 Å². The minimum Gasteiger partial charge on any atom is -0.499 e. The zero-order chi connectivity index (χ0) is 19.4. The van der Waals surface area contributed by atoms with Crippen LogP contribution in [0.4, 0.5) is 10.1 Å². The quantitative estimate of drug-likeness (QED) is 0.363. The van der Waals surface area contributed by atoms with E-state index in [1.807, 2.05) is 0 Å². The highest BCUT2D eigenvalue weighted by Gasteiger charge is 2.35. The summed E-state index contributed by atoms with van der Waals surface area (Å²) in [5, 5.41) is 21.5. The fraction of sp³-hybridized carbons (Fsp3) is 0.176. The molecule has 9 heteroatoms. The number of ether oxygens (including phenoxy) is 2. The minimum absolute atomic E-state index is 0.0663. The number of phenolic OH excluding ortho intramolecular Hbond substituents is 1. The number of aromatic hydroxyl groups is 1. The maximum Gasteiger partial charge on any atom is 0.339 e. The fourth-order valence-corrected chi connectivity index (χ4v) is 2.35. The zero-order valence-corrected chi connectivity index (χ0v) is 13.8. The minimum atomic E-state index is -1.14. The van der Waals surface area contributed by atoms with E-state index in [0.29, 0.717) is 0 Å². The molecule has 0 amide bonds. The molecule has 136 valence electrons. The highest BCUT2D eigenvalue weighted by Crippen LogP contribution is 2.42. The lowest BCUT2D eigenvalue weighted by molar-refractivity contribution is -0.386. The van der Waals surface area contributed by atoms with Crippen LogP contribution in [0.1, 0.15) is 33.2 Å².